The summed E-state index contributed by atoms with van der Waals surface area (Å²) in [5, 5.41) is 1.09. The third-order valence-electron chi connectivity index (χ3n) is 2.95. The van der Waals surface area contributed by atoms with Crippen molar-refractivity contribution >= 4 is 22.6 Å². The third-order valence-corrected chi connectivity index (χ3v) is 2.95. The van der Waals surface area contributed by atoms with Crippen molar-refractivity contribution in [2.45, 2.75) is 12.8 Å². The topological polar surface area (TPSA) is 49.0 Å². The fourth-order valence-electron chi connectivity index (χ4n) is 2.10. The van der Waals surface area contributed by atoms with Gasteiger partial charge in [0.15, 0.2) is 0 Å². The lowest BCUT2D eigenvalue weighted by Crippen LogP contribution is -2.25. The molecule has 1 amide bonds. The van der Waals surface area contributed by atoms with Crippen LogP contribution in [0.4, 0.5) is 5.82 Å². The normalized spacial score (nSPS) is 15.8. The van der Waals surface area contributed by atoms with E-state index in [0.29, 0.717) is 6.42 Å². The summed E-state index contributed by atoms with van der Waals surface area (Å²) < 4.78 is 0. The molecule has 1 N–H and O–H groups in total. The molecule has 0 radical (unpaired) electrons. The van der Waals surface area contributed by atoms with Crippen LogP contribution in [-0.4, -0.2) is 22.9 Å². The van der Waals surface area contributed by atoms with Gasteiger partial charge in [0, 0.05) is 31.2 Å². The summed E-state index contributed by atoms with van der Waals surface area (Å²) in [5.41, 5.74) is 2.24. The fourth-order valence-corrected chi connectivity index (χ4v) is 2.10. The van der Waals surface area contributed by atoms with E-state index in [-0.39, 0.29) is 5.91 Å². The van der Waals surface area contributed by atoms with Crippen molar-refractivity contribution in [1.29, 1.82) is 0 Å². The van der Waals surface area contributed by atoms with Crippen molar-refractivity contribution in [3.63, 3.8) is 0 Å². The molecule has 1 aliphatic rings. The van der Waals surface area contributed by atoms with Gasteiger partial charge in [-0.1, -0.05) is 0 Å². The number of hydrogen-bond donors (Lipinski definition) is 1. The molecule has 0 saturated heterocycles. The Morgan fingerprint density at radius 1 is 1.47 bits per heavy atom. The number of amides is 1. The molecular formula is C11H11N3O. The Labute approximate surface area is 86.9 Å². The van der Waals surface area contributed by atoms with Crippen molar-refractivity contribution in [3.05, 3.63) is 24.0 Å². The quantitative estimate of drug-likeness (QED) is 0.701. The number of aromatic amines is 1. The van der Waals surface area contributed by atoms with E-state index in [2.05, 4.69) is 9.97 Å². The predicted molar refractivity (Wildman–Crippen MR) is 57.8 cm³/mol. The minimum atomic E-state index is 0.131. The summed E-state index contributed by atoms with van der Waals surface area (Å²) in [7, 11) is 1.78. The molecule has 0 aromatic carbocycles. The van der Waals surface area contributed by atoms with Crippen LogP contribution in [0.25, 0.3) is 10.9 Å². The molecule has 0 bridgehead atoms. The van der Waals surface area contributed by atoms with Gasteiger partial charge >= 0.3 is 0 Å². The Balaban J connectivity index is 2.38. The highest BCUT2D eigenvalue weighted by Gasteiger charge is 2.21. The number of aryl methyl sites for hydroxylation is 1. The van der Waals surface area contributed by atoms with Gasteiger partial charge in [-0.2, -0.15) is 0 Å². The van der Waals surface area contributed by atoms with Gasteiger partial charge < -0.3 is 4.98 Å². The molecule has 0 atom stereocenters. The van der Waals surface area contributed by atoms with Gasteiger partial charge in [0.05, 0.1) is 5.52 Å². The molecule has 0 fully saturated rings. The Morgan fingerprint density at radius 2 is 2.33 bits per heavy atom. The number of aromatic nitrogens is 2. The Kier molecular flexibility index (Phi) is 1.59. The van der Waals surface area contributed by atoms with Crippen LogP contribution in [0.2, 0.25) is 0 Å². The highest BCUT2D eigenvalue weighted by molar-refractivity contribution is 6.04. The van der Waals surface area contributed by atoms with Crippen LogP contribution in [0.15, 0.2) is 18.5 Å². The highest BCUT2D eigenvalue weighted by Crippen LogP contribution is 2.30. The lowest BCUT2D eigenvalue weighted by molar-refractivity contribution is -0.118. The van der Waals surface area contributed by atoms with Crippen LogP contribution >= 0.6 is 0 Å². The lowest BCUT2D eigenvalue weighted by Gasteiger charge is -2.14. The molecule has 15 heavy (non-hydrogen) atoms. The summed E-state index contributed by atoms with van der Waals surface area (Å²) in [6.45, 7) is 0. The van der Waals surface area contributed by atoms with E-state index >= 15 is 0 Å². The first-order valence-corrected chi connectivity index (χ1v) is 4.99. The summed E-state index contributed by atoms with van der Waals surface area (Å²) in [6.07, 6.45) is 5.05. The molecule has 2 aromatic rings. The zero-order valence-electron chi connectivity index (χ0n) is 8.45. The van der Waals surface area contributed by atoms with E-state index in [1.165, 1.54) is 5.56 Å². The molecule has 0 unspecified atom stereocenters. The average molecular weight is 201 g/mol. The number of rotatable bonds is 0. The zero-order chi connectivity index (χ0) is 10.4. The lowest BCUT2D eigenvalue weighted by atomic mass is 10.1. The maximum absolute atomic E-state index is 11.7. The van der Waals surface area contributed by atoms with Gasteiger partial charge in [-0.3, -0.25) is 9.69 Å². The Hall–Kier alpha value is -1.84. The summed E-state index contributed by atoms with van der Waals surface area (Å²) in [6, 6.07) is 1.94. The number of nitrogens with zero attached hydrogens (tertiary/aromatic N) is 2. The van der Waals surface area contributed by atoms with Crippen LogP contribution in [-0.2, 0) is 11.2 Å². The maximum atomic E-state index is 11.7. The number of carbonyl (C=O) groups is 1. The van der Waals surface area contributed by atoms with E-state index in [1.807, 2.05) is 12.3 Å². The van der Waals surface area contributed by atoms with Gasteiger partial charge in [0.2, 0.25) is 5.91 Å². The minimum absolute atomic E-state index is 0.131. The second-order valence-corrected chi connectivity index (χ2v) is 3.82. The smallest absolute Gasteiger partial charge is 0.228 e. The first-order valence-electron chi connectivity index (χ1n) is 4.99. The largest absolute Gasteiger partial charge is 0.361 e. The van der Waals surface area contributed by atoms with Crippen LogP contribution in [0.1, 0.15) is 12.0 Å². The van der Waals surface area contributed by atoms with Crippen molar-refractivity contribution < 1.29 is 4.79 Å². The second kappa shape index (κ2) is 2.82. The van der Waals surface area contributed by atoms with E-state index < -0.39 is 0 Å². The summed E-state index contributed by atoms with van der Waals surface area (Å²) >= 11 is 0. The van der Waals surface area contributed by atoms with Crippen LogP contribution in [0, 0.1) is 0 Å². The maximum Gasteiger partial charge on any atom is 0.228 e. The van der Waals surface area contributed by atoms with Gasteiger partial charge in [0.25, 0.3) is 0 Å². The number of H-pyrrole nitrogens is 1. The molecule has 3 rings (SSSR count). The zero-order valence-corrected chi connectivity index (χ0v) is 8.45. The molecule has 4 nitrogen and oxygen atoms in total. The predicted octanol–water partition coefficient (Wildman–Crippen LogP) is 1.47. The molecular weight excluding hydrogens is 190 g/mol. The van der Waals surface area contributed by atoms with Gasteiger partial charge in [-0.15, -0.1) is 0 Å². The van der Waals surface area contributed by atoms with Crippen LogP contribution in [0.5, 0.6) is 0 Å². The number of carbonyl (C=O) groups excluding carboxylic acids is 1. The Bertz CT molecular complexity index is 544. The van der Waals surface area contributed by atoms with Crippen molar-refractivity contribution in [3.8, 4) is 0 Å². The van der Waals surface area contributed by atoms with E-state index in [4.69, 9.17) is 0 Å². The molecule has 4 heteroatoms. The molecule has 0 spiro atoms. The first kappa shape index (κ1) is 8.47. The van der Waals surface area contributed by atoms with Gasteiger partial charge in [0.1, 0.15) is 5.82 Å². The van der Waals surface area contributed by atoms with Crippen LogP contribution in [0.3, 0.4) is 0 Å². The summed E-state index contributed by atoms with van der Waals surface area (Å²) in [5.74, 6) is 0.900. The first-order chi connectivity index (χ1) is 7.27. The van der Waals surface area contributed by atoms with Crippen LogP contribution < -0.4 is 4.90 Å². The van der Waals surface area contributed by atoms with Gasteiger partial charge in [-0.05, 0) is 18.1 Å². The number of anilines is 1. The molecule has 1 aliphatic heterocycles. The summed E-state index contributed by atoms with van der Waals surface area (Å²) in [4.78, 5) is 20.8. The molecule has 3 heterocycles. The van der Waals surface area contributed by atoms with Crippen molar-refractivity contribution in [1.82, 2.24) is 9.97 Å². The van der Waals surface area contributed by atoms with Crippen molar-refractivity contribution in [2.24, 2.45) is 0 Å². The van der Waals surface area contributed by atoms with Crippen molar-refractivity contribution in [2.75, 3.05) is 11.9 Å². The average Bonchev–Trinajstić information content (AvgIpc) is 2.62. The van der Waals surface area contributed by atoms with Gasteiger partial charge in [-0.25, -0.2) is 4.98 Å². The van der Waals surface area contributed by atoms with E-state index in [9.17, 15) is 4.79 Å². The fraction of sp³-hybridized carbons (Fsp3) is 0.273. The number of nitrogens with one attached hydrogen (secondary N) is 1. The molecule has 76 valence electrons. The molecule has 2 aromatic heterocycles. The SMILES string of the molecule is CN1C(=O)CCc2c[nH]c3ccnc1c23. The minimum Gasteiger partial charge on any atom is -0.361 e. The second-order valence-electron chi connectivity index (χ2n) is 3.82. The Morgan fingerprint density at radius 3 is 3.20 bits per heavy atom. The number of pyridine rings is 1. The third kappa shape index (κ3) is 1.08. The molecule has 0 aliphatic carbocycles. The van der Waals surface area contributed by atoms with E-state index in [0.717, 1.165) is 23.1 Å². The highest BCUT2D eigenvalue weighted by atomic mass is 16.2. The van der Waals surface area contributed by atoms with E-state index in [1.54, 1.807) is 18.1 Å². The standard InChI is InChI=1S/C11H11N3O/c1-14-9(15)3-2-7-6-13-8-4-5-12-11(14)10(7)8/h4-6,13H,2-3H2,1H3. The molecule has 0 saturated carbocycles. The monoisotopic (exact) mass is 201 g/mol. The number of hydrogen-bond acceptors (Lipinski definition) is 2.